The number of furan rings is 1. The zero-order valence-electron chi connectivity index (χ0n) is 19.0. The molecule has 3 fully saturated rings. The summed E-state index contributed by atoms with van der Waals surface area (Å²) in [5.74, 6) is 0.333. The van der Waals surface area contributed by atoms with E-state index in [-0.39, 0.29) is 29.9 Å². The molecule has 2 atom stereocenters. The average Bonchev–Trinajstić information content (AvgIpc) is 3.32. The first-order valence-corrected chi connectivity index (χ1v) is 11.7. The molecule has 3 aliphatic rings. The van der Waals surface area contributed by atoms with E-state index in [0.717, 1.165) is 65.7 Å². The first-order valence-electron chi connectivity index (χ1n) is 11.7. The highest BCUT2D eigenvalue weighted by Gasteiger charge is 2.52. The van der Waals surface area contributed by atoms with E-state index in [0.29, 0.717) is 0 Å². The molecule has 1 aliphatic carbocycles. The molecule has 3 heterocycles. The van der Waals surface area contributed by atoms with Crippen molar-refractivity contribution < 1.29 is 14.0 Å². The lowest BCUT2D eigenvalue weighted by Gasteiger charge is -2.34. The molecule has 6 rings (SSSR count). The summed E-state index contributed by atoms with van der Waals surface area (Å²) in [4.78, 5) is 28.3. The van der Waals surface area contributed by atoms with Crippen LogP contribution in [-0.4, -0.2) is 48.3 Å². The van der Waals surface area contributed by atoms with Crippen molar-refractivity contribution in [3.8, 4) is 11.1 Å². The van der Waals surface area contributed by atoms with Crippen molar-refractivity contribution in [1.29, 1.82) is 0 Å². The minimum atomic E-state index is -0.290. The summed E-state index contributed by atoms with van der Waals surface area (Å²) in [6.07, 6.45) is 4.27. The maximum atomic E-state index is 13.4. The molecule has 1 N–H and O–H groups in total. The van der Waals surface area contributed by atoms with Crippen molar-refractivity contribution in [2.75, 3.05) is 25.0 Å². The van der Waals surface area contributed by atoms with E-state index in [1.165, 1.54) is 5.01 Å². The fourth-order valence-electron chi connectivity index (χ4n) is 5.20. The molecule has 0 spiro atoms. The highest BCUT2D eigenvalue weighted by molar-refractivity contribution is 5.98. The summed E-state index contributed by atoms with van der Waals surface area (Å²) >= 11 is 0. The monoisotopic (exact) mass is 444 g/mol. The summed E-state index contributed by atoms with van der Waals surface area (Å²) in [5.41, 5.74) is 4.99. The molecule has 7 heteroatoms. The van der Waals surface area contributed by atoms with Gasteiger partial charge in [0.15, 0.2) is 0 Å². The molecule has 2 saturated heterocycles. The number of aryl methyl sites for hydroxylation is 1. The lowest BCUT2D eigenvalue weighted by atomic mass is 10.0. The summed E-state index contributed by atoms with van der Waals surface area (Å²) < 4.78 is 5.57. The Morgan fingerprint density at radius 3 is 2.52 bits per heavy atom. The van der Waals surface area contributed by atoms with Gasteiger partial charge in [0, 0.05) is 36.5 Å². The van der Waals surface area contributed by atoms with Crippen LogP contribution in [-0.2, 0) is 4.79 Å². The molecule has 0 bridgehead atoms. The molecular formula is C26H28N4O3. The zero-order valence-corrected chi connectivity index (χ0v) is 19.0. The largest absolute Gasteiger partial charge is 0.464 e. The summed E-state index contributed by atoms with van der Waals surface area (Å²) in [6.45, 7) is 3.76. The predicted molar refractivity (Wildman–Crippen MR) is 126 cm³/mol. The van der Waals surface area contributed by atoms with Crippen molar-refractivity contribution in [2.45, 2.75) is 32.4 Å². The second-order valence-corrected chi connectivity index (χ2v) is 9.48. The van der Waals surface area contributed by atoms with Gasteiger partial charge in [-0.3, -0.25) is 9.69 Å². The fourth-order valence-corrected chi connectivity index (χ4v) is 5.20. The van der Waals surface area contributed by atoms with Crippen LogP contribution < -0.4 is 10.2 Å². The van der Waals surface area contributed by atoms with Crippen LogP contribution in [0.1, 0.15) is 24.8 Å². The molecule has 0 radical (unpaired) electrons. The number of benzene rings is 2. The Bertz CT molecular complexity index is 1220. The van der Waals surface area contributed by atoms with E-state index in [1.807, 2.05) is 30.0 Å². The zero-order chi connectivity index (χ0) is 22.7. The highest BCUT2D eigenvalue weighted by atomic mass is 16.3. The standard InChI is InChI=1S/C26H28N4O3/c1-16-15-33-23-10-7-19(13-22(16)23)17-5-8-21(9-6-17)29-24(20-11-12-27-14-20)30(28(2)26(29)32)25(31)18-3-4-18/h5-10,13,15,18,20,24,27H,3-4,11-12,14H2,1-2H3. The Hall–Kier alpha value is -3.32. The van der Waals surface area contributed by atoms with Crippen LogP contribution in [0, 0.1) is 18.8 Å². The summed E-state index contributed by atoms with van der Waals surface area (Å²) in [6, 6.07) is 14.1. The van der Waals surface area contributed by atoms with Gasteiger partial charge in [0.1, 0.15) is 11.7 Å². The Kier molecular flexibility index (Phi) is 4.69. The summed E-state index contributed by atoms with van der Waals surface area (Å²) in [5, 5.41) is 7.75. The van der Waals surface area contributed by atoms with Crippen molar-refractivity contribution in [2.24, 2.45) is 11.8 Å². The first-order chi connectivity index (χ1) is 16.0. The van der Waals surface area contributed by atoms with Crippen molar-refractivity contribution in [3.63, 3.8) is 0 Å². The number of rotatable bonds is 4. The quantitative estimate of drug-likeness (QED) is 0.649. The lowest BCUT2D eigenvalue weighted by Crippen LogP contribution is -2.51. The van der Waals surface area contributed by atoms with E-state index < -0.39 is 0 Å². The average molecular weight is 445 g/mol. The van der Waals surface area contributed by atoms with E-state index in [2.05, 4.69) is 29.6 Å². The third kappa shape index (κ3) is 3.30. The molecular weight excluding hydrogens is 416 g/mol. The van der Waals surface area contributed by atoms with E-state index in [1.54, 1.807) is 18.3 Å². The van der Waals surface area contributed by atoms with Crippen molar-refractivity contribution in [3.05, 3.63) is 54.3 Å². The van der Waals surface area contributed by atoms with Crippen LogP contribution in [0.4, 0.5) is 10.5 Å². The number of nitrogens with one attached hydrogen (secondary N) is 1. The van der Waals surface area contributed by atoms with Crippen LogP contribution in [0.15, 0.2) is 53.1 Å². The first kappa shape index (κ1) is 20.3. The number of hydrogen-bond donors (Lipinski definition) is 1. The topological polar surface area (TPSA) is 69.0 Å². The predicted octanol–water partition coefficient (Wildman–Crippen LogP) is 4.37. The highest BCUT2D eigenvalue weighted by Crippen LogP contribution is 2.39. The third-order valence-electron chi connectivity index (χ3n) is 7.24. The van der Waals surface area contributed by atoms with E-state index >= 15 is 0 Å². The third-order valence-corrected chi connectivity index (χ3v) is 7.24. The summed E-state index contributed by atoms with van der Waals surface area (Å²) in [7, 11) is 1.72. The number of carbonyl (C=O) groups excluding carboxylic acids is 2. The van der Waals surface area contributed by atoms with Crippen LogP contribution in [0.2, 0.25) is 0 Å². The Balaban J connectivity index is 1.34. The molecule has 170 valence electrons. The van der Waals surface area contributed by atoms with Gasteiger partial charge < -0.3 is 9.73 Å². The number of carbonyl (C=O) groups is 2. The molecule has 2 unspecified atom stereocenters. The Morgan fingerprint density at radius 1 is 1.06 bits per heavy atom. The number of hydrazine groups is 1. The van der Waals surface area contributed by atoms with Gasteiger partial charge in [-0.15, -0.1) is 0 Å². The minimum absolute atomic E-state index is 0.0562. The van der Waals surface area contributed by atoms with Crippen LogP contribution in [0.5, 0.6) is 0 Å². The second-order valence-electron chi connectivity index (χ2n) is 9.48. The molecule has 7 nitrogen and oxygen atoms in total. The Morgan fingerprint density at radius 2 is 1.82 bits per heavy atom. The number of nitrogens with zero attached hydrogens (tertiary/aromatic N) is 3. The van der Waals surface area contributed by atoms with Crippen LogP contribution in [0.25, 0.3) is 22.1 Å². The van der Waals surface area contributed by atoms with Gasteiger partial charge in [0.25, 0.3) is 0 Å². The number of urea groups is 1. The number of amides is 3. The molecule has 2 aromatic carbocycles. The van der Waals surface area contributed by atoms with Gasteiger partial charge >= 0.3 is 6.03 Å². The van der Waals surface area contributed by atoms with Gasteiger partial charge in [-0.25, -0.2) is 14.8 Å². The fraction of sp³-hybridized carbons (Fsp3) is 0.385. The second kappa shape index (κ2) is 7.63. The number of hydrogen-bond acceptors (Lipinski definition) is 4. The van der Waals surface area contributed by atoms with Crippen LogP contribution in [0.3, 0.4) is 0 Å². The van der Waals surface area contributed by atoms with Crippen molar-refractivity contribution in [1.82, 2.24) is 15.3 Å². The smallest absolute Gasteiger partial charge is 0.344 e. The molecule has 1 saturated carbocycles. The van der Waals surface area contributed by atoms with Gasteiger partial charge in [-0.05, 0) is 73.7 Å². The minimum Gasteiger partial charge on any atom is -0.464 e. The molecule has 33 heavy (non-hydrogen) atoms. The molecule has 1 aromatic heterocycles. The number of fused-ring (bicyclic) bond motifs is 1. The van der Waals surface area contributed by atoms with E-state index in [4.69, 9.17) is 4.42 Å². The van der Waals surface area contributed by atoms with Gasteiger partial charge in [0.05, 0.1) is 6.26 Å². The van der Waals surface area contributed by atoms with E-state index in [9.17, 15) is 9.59 Å². The van der Waals surface area contributed by atoms with Gasteiger partial charge in [-0.2, -0.15) is 0 Å². The van der Waals surface area contributed by atoms with Crippen molar-refractivity contribution >= 4 is 28.6 Å². The number of anilines is 1. The van der Waals surface area contributed by atoms with Gasteiger partial charge in [0.2, 0.25) is 5.91 Å². The lowest BCUT2D eigenvalue weighted by molar-refractivity contribution is -0.146. The molecule has 3 amide bonds. The van der Waals surface area contributed by atoms with Gasteiger partial charge in [-0.1, -0.05) is 18.2 Å². The molecule has 3 aromatic rings. The molecule has 2 aliphatic heterocycles. The van der Waals surface area contributed by atoms with Crippen LogP contribution >= 0.6 is 0 Å². The Labute approximate surface area is 192 Å². The maximum Gasteiger partial charge on any atom is 0.344 e. The maximum absolute atomic E-state index is 13.4. The SMILES string of the molecule is Cc1coc2ccc(-c3ccc(N4C(=O)N(C)N(C(=O)C5CC5)C4C4CCNC4)cc3)cc12. The normalized spacial score (nSPS) is 23.2.